The van der Waals surface area contributed by atoms with E-state index in [9.17, 15) is 0 Å². The third-order valence-electron chi connectivity index (χ3n) is 3.21. The minimum Gasteiger partial charge on any atom is -0.381 e. The fourth-order valence-electron chi connectivity index (χ4n) is 1.89. The monoisotopic (exact) mass is 438 g/mol. The number of aromatic nitrogens is 1. The SMILES string of the molecule is CCNC(=NCc1cnc(C)s1)NCCCOCC1CC1.I. The first-order valence-electron chi connectivity index (χ1n) is 7.79. The molecule has 5 nitrogen and oxygen atoms in total. The third kappa shape index (κ3) is 8.28. The van der Waals surface area contributed by atoms with Gasteiger partial charge in [-0.15, -0.1) is 35.3 Å². The zero-order valence-electron chi connectivity index (χ0n) is 13.4. The molecule has 22 heavy (non-hydrogen) atoms. The van der Waals surface area contributed by atoms with E-state index in [0.717, 1.165) is 49.6 Å². The lowest BCUT2D eigenvalue weighted by atomic mass is 10.4. The molecule has 7 heteroatoms. The van der Waals surface area contributed by atoms with Crippen LogP contribution in [-0.2, 0) is 11.3 Å². The van der Waals surface area contributed by atoms with E-state index in [4.69, 9.17) is 4.74 Å². The number of guanidine groups is 1. The van der Waals surface area contributed by atoms with Crippen LogP contribution in [0.15, 0.2) is 11.2 Å². The molecule has 2 N–H and O–H groups in total. The lowest BCUT2D eigenvalue weighted by molar-refractivity contribution is 0.123. The molecular formula is C15H27IN4OS. The first-order valence-corrected chi connectivity index (χ1v) is 8.60. The quantitative estimate of drug-likeness (QED) is 0.270. The highest BCUT2D eigenvalue weighted by atomic mass is 127. The zero-order valence-corrected chi connectivity index (χ0v) is 16.6. The van der Waals surface area contributed by atoms with E-state index in [2.05, 4.69) is 27.5 Å². The van der Waals surface area contributed by atoms with E-state index in [1.54, 1.807) is 11.3 Å². The van der Waals surface area contributed by atoms with Crippen molar-refractivity contribution < 1.29 is 4.74 Å². The summed E-state index contributed by atoms with van der Waals surface area (Å²) in [4.78, 5) is 10.0. The van der Waals surface area contributed by atoms with Gasteiger partial charge < -0.3 is 15.4 Å². The maximum absolute atomic E-state index is 5.62. The van der Waals surface area contributed by atoms with Gasteiger partial charge >= 0.3 is 0 Å². The molecule has 1 aliphatic carbocycles. The van der Waals surface area contributed by atoms with Crippen molar-refractivity contribution in [3.05, 3.63) is 16.1 Å². The van der Waals surface area contributed by atoms with Gasteiger partial charge in [0, 0.05) is 37.4 Å². The van der Waals surface area contributed by atoms with Crippen LogP contribution < -0.4 is 10.6 Å². The van der Waals surface area contributed by atoms with Crippen LogP contribution in [0.3, 0.4) is 0 Å². The van der Waals surface area contributed by atoms with E-state index in [0.29, 0.717) is 6.54 Å². The van der Waals surface area contributed by atoms with E-state index < -0.39 is 0 Å². The van der Waals surface area contributed by atoms with Crippen LogP contribution in [0, 0.1) is 12.8 Å². The molecule has 2 rings (SSSR count). The van der Waals surface area contributed by atoms with Gasteiger partial charge in [0.05, 0.1) is 11.6 Å². The molecule has 0 bridgehead atoms. The van der Waals surface area contributed by atoms with Gasteiger partial charge in [-0.3, -0.25) is 0 Å². The number of nitrogens with one attached hydrogen (secondary N) is 2. The Labute approximate surface area is 154 Å². The molecular weight excluding hydrogens is 411 g/mol. The molecule has 0 aromatic carbocycles. The molecule has 0 spiro atoms. The van der Waals surface area contributed by atoms with Crippen LogP contribution in [0.2, 0.25) is 0 Å². The molecule has 1 aliphatic rings. The van der Waals surface area contributed by atoms with Crippen molar-refractivity contribution in [3.63, 3.8) is 0 Å². The van der Waals surface area contributed by atoms with Crippen molar-refractivity contribution >= 4 is 41.3 Å². The highest BCUT2D eigenvalue weighted by molar-refractivity contribution is 14.0. The van der Waals surface area contributed by atoms with Crippen LogP contribution in [-0.4, -0.2) is 37.2 Å². The number of nitrogens with zero attached hydrogens (tertiary/aromatic N) is 2. The molecule has 0 unspecified atom stereocenters. The minimum absolute atomic E-state index is 0. The lowest BCUT2D eigenvalue weighted by Gasteiger charge is -2.11. The van der Waals surface area contributed by atoms with Crippen LogP contribution in [0.25, 0.3) is 0 Å². The van der Waals surface area contributed by atoms with Crippen molar-refractivity contribution in [1.82, 2.24) is 15.6 Å². The summed E-state index contributed by atoms with van der Waals surface area (Å²) in [5, 5.41) is 7.69. The number of aliphatic imine (C=N–C) groups is 1. The van der Waals surface area contributed by atoms with Crippen LogP contribution in [0.5, 0.6) is 0 Å². The predicted octanol–water partition coefficient (Wildman–Crippen LogP) is 2.94. The predicted molar refractivity (Wildman–Crippen MR) is 103 cm³/mol. The Kier molecular flexibility index (Phi) is 9.98. The smallest absolute Gasteiger partial charge is 0.191 e. The average Bonchev–Trinajstić information content (AvgIpc) is 3.21. The van der Waals surface area contributed by atoms with E-state index in [1.807, 2.05) is 13.1 Å². The lowest BCUT2D eigenvalue weighted by Crippen LogP contribution is -2.38. The summed E-state index contributed by atoms with van der Waals surface area (Å²) in [5.41, 5.74) is 0. The third-order valence-corrected chi connectivity index (χ3v) is 4.11. The van der Waals surface area contributed by atoms with Crippen LogP contribution >= 0.6 is 35.3 Å². The largest absolute Gasteiger partial charge is 0.381 e. The van der Waals surface area contributed by atoms with Crippen molar-refractivity contribution in [1.29, 1.82) is 0 Å². The minimum atomic E-state index is 0. The number of rotatable bonds is 9. The summed E-state index contributed by atoms with van der Waals surface area (Å²) in [6.07, 6.45) is 5.62. The molecule has 1 heterocycles. The number of aryl methyl sites for hydroxylation is 1. The fourth-order valence-corrected chi connectivity index (χ4v) is 2.61. The van der Waals surface area contributed by atoms with Gasteiger partial charge in [-0.05, 0) is 39.0 Å². The number of hydrogen-bond donors (Lipinski definition) is 2. The van der Waals surface area contributed by atoms with Crippen LogP contribution in [0.4, 0.5) is 0 Å². The first kappa shape index (κ1) is 19.6. The Hall–Kier alpha value is -0.410. The standard InChI is InChI=1S/C15H26N4OS.HI/c1-3-16-15(19-10-14-9-18-12(2)21-14)17-7-4-8-20-11-13-5-6-13;/h9,13H,3-8,10-11H2,1-2H3,(H2,16,17,19);1H. The summed E-state index contributed by atoms with van der Waals surface area (Å²) >= 11 is 1.70. The first-order chi connectivity index (χ1) is 10.3. The zero-order chi connectivity index (χ0) is 14.9. The molecule has 1 saturated carbocycles. The Morgan fingerprint density at radius 1 is 1.45 bits per heavy atom. The Morgan fingerprint density at radius 3 is 2.91 bits per heavy atom. The Bertz CT molecular complexity index is 449. The van der Waals surface area contributed by atoms with Gasteiger partial charge in [-0.25, -0.2) is 9.98 Å². The fraction of sp³-hybridized carbons (Fsp3) is 0.733. The van der Waals surface area contributed by atoms with E-state index in [1.165, 1.54) is 17.7 Å². The summed E-state index contributed by atoms with van der Waals surface area (Å²) < 4.78 is 5.62. The number of thiazole rings is 1. The second-order valence-corrected chi connectivity index (χ2v) is 6.66. The number of ether oxygens (including phenoxy) is 1. The molecule has 0 aliphatic heterocycles. The Balaban J connectivity index is 0.00000242. The Morgan fingerprint density at radius 2 is 2.27 bits per heavy atom. The molecule has 0 atom stereocenters. The summed E-state index contributed by atoms with van der Waals surface area (Å²) in [5.74, 6) is 1.71. The maximum atomic E-state index is 5.62. The van der Waals surface area contributed by atoms with Crippen molar-refractivity contribution in [2.45, 2.75) is 39.7 Å². The molecule has 0 saturated heterocycles. The molecule has 1 fully saturated rings. The molecule has 1 aromatic heterocycles. The average molecular weight is 438 g/mol. The van der Waals surface area contributed by atoms with Crippen molar-refractivity contribution in [2.24, 2.45) is 10.9 Å². The second-order valence-electron chi connectivity index (χ2n) is 5.34. The normalized spacial score (nSPS) is 14.5. The highest BCUT2D eigenvalue weighted by Crippen LogP contribution is 2.28. The highest BCUT2D eigenvalue weighted by Gasteiger charge is 2.20. The molecule has 0 radical (unpaired) electrons. The van der Waals surface area contributed by atoms with Gasteiger partial charge in [0.25, 0.3) is 0 Å². The van der Waals surface area contributed by atoms with E-state index >= 15 is 0 Å². The van der Waals surface area contributed by atoms with Gasteiger partial charge in [0.1, 0.15) is 0 Å². The summed E-state index contributed by atoms with van der Waals surface area (Å²) in [7, 11) is 0. The van der Waals surface area contributed by atoms with Crippen molar-refractivity contribution in [2.75, 3.05) is 26.3 Å². The topological polar surface area (TPSA) is 58.5 Å². The molecule has 1 aromatic rings. The number of hydrogen-bond acceptors (Lipinski definition) is 4. The second kappa shape index (κ2) is 11.2. The summed E-state index contributed by atoms with van der Waals surface area (Å²) in [6, 6.07) is 0. The van der Waals surface area contributed by atoms with Crippen molar-refractivity contribution in [3.8, 4) is 0 Å². The van der Waals surface area contributed by atoms with Gasteiger partial charge in [0.2, 0.25) is 0 Å². The maximum Gasteiger partial charge on any atom is 0.191 e. The summed E-state index contributed by atoms with van der Waals surface area (Å²) in [6.45, 7) is 8.30. The van der Waals surface area contributed by atoms with Gasteiger partial charge in [-0.1, -0.05) is 0 Å². The molecule has 126 valence electrons. The van der Waals surface area contributed by atoms with E-state index in [-0.39, 0.29) is 24.0 Å². The van der Waals surface area contributed by atoms with Gasteiger partial charge in [0.15, 0.2) is 5.96 Å². The molecule has 0 amide bonds. The van der Waals surface area contributed by atoms with Gasteiger partial charge in [-0.2, -0.15) is 0 Å². The number of halogens is 1. The van der Waals surface area contributed by atoms with Crippen LogP contribution in [0.1, 0.15) is 36.1 Å².